The highest BCUT2D eigenvalue weighted by atomic mass is 35.5. The molecular weight excluding hydrogens is 520 g/mol. The van der Waals surface area contributed by atoms with Gasteiger partial charge in [0.25, 0.3) is 5.91 Å². The van der Waals surface area contributed by atoms with Crippen molar-refractivity contribution in [1.82, 2.24) is 4.72 Å². The number of anilines is 1. The van der Waals surface area contributed by atoms with Crippen molar-refractivity contribution < 1.29 is 17.9 Å². The van der Waals surface area contributed by atoms with Crippen LogP contribution in [-0.2, 0) is 21.9 Å². The predicted molar refractivity (Wildman–Crippen MR) is 151 cm³/mol. The molecule has 1 N–H and O–H groups in total. The Balaban J connectivity index is 1.40. The molecule has 6 nitrogen and oxygen atoms in total. The lowest BCUT2D eigenvalue weighted by Gasteiger charge is -2.44. The molecule has 3 atom stereocenters. The van der Waals surface area contributed by atoms with Crippen LogP contribution in [0.4, 0.5) is 5.69 Å². The number of amides is 1. The number of halogens is 1. The SMILES string of the molecule is O=C1NS(=O)(=O)C/C=C/CCC[C@@H]2CC[C@H]2CN2C[C@@]3(CCCc4cc(Cl)ccc43)COc3ccc1cc32. The van der Waals surface area contributed by atoms with Gasteiger partial charge in [0.1, 0.15) is 5.75 Å². The number of sulfonamides is 1. The maximum atomic E-state index is 13.0. The van der Waals surface area contributed by atoms with Crippen molar-refractivity contribution in [2.45, 2.75) is 56.8 Å². The highest BCUT2D eigenvalue weighted by Gasteiger charge is 2.43. The summed E-state index contributed by atoms with van der Waals surface area (Å²) in [6, 6.07) is 11.6. The molecule has 2 aliphatic carbocycles. The zero-order valence-corrected chi connectivity index (χ0v) is 23.2. The number of nitrogens with one attached hydrogen (secondary N) is 1. The topological polar surface area (TPSA) is 75.7 Å². The molecule has 1 fully saturated rings. The second-order valence-corrected chi connectivity index (χ2v) is 13.7. The van der Waals surface area contributed by atoms with E-state index in [9.17, 15) is 13.2 Å². The number of rotatable bonds is 0. The molecule has 2 heterocycles. The molecule has 2 aromatic rings. The monoisotopic (exact) mass is 554 g/mol. The number of ether oxygens (including phenoxy) is 1. The minimum Gasteiger partial charge on any atom is -0.490 e. The van der Waals surface area contributed by atoms with Crippen LogP contribution >= 0.6 is 11.6 Å². The lowest BCUT2D eigenvalue weighted by atomic mass is 9.68. The summed E-state index contributed by atoms with van der Waals surface area (Å²) in [4.78, 5) is 15.5. The van der Waals surface area contributed by atoms with Gasteiger partial charge >= 0.3 is 0 Å². The van der Waals surface area contributed by atoms with Gasteiger partial charge in [-0.15, -0.1) is 0 Å². The average molecular weight is 555 g/mol. The van der Waals surface area contributed by atoms with Crippen molar-refractivity contribution in [3.8, 4) is 5.75 Å². The van der Waals surface area contributed by atoms with Crippen molar-refractivity contribution in [1.29, 1.82) is 0 Å². The lowest BCUT2D eigenvalue weighted by molar-refractivity contribution is 0.0981. The normalized spacial score (nSPS) is 29.6. The van der Waals surface area contributed by atoms with E-state index in [4.69, 9.17) is 16.3 Å². The summed E-state index contributed by atoms with van der Waals surface area (Å²) in [5, 5.41) is 0.765. The van der Waals surface area contributed by atoms with E-state index in [0.29, 0.717) is 24.0 Å². The van der Waals surface area contributed by atoms with Gasteiger partial charge in [0.15, 0.2) is 0 Å². The van der Waals surface area contributed by atoms with Crippen LogP contribution in [-0.4, -0.2) is 39.8 Å². The molecule has 2 bridgehead atoms. The van der Waals surface area contributed by atoms with Crippen LogP contribution in [0.25, 0.3) is 0 Å². The molecule has 0 saturated heterocycles. The van der Waals surface area contributed by atoms with Gasteiger partial charge in [-0.05, 0) is 105 Å². The highest BCUT2D eigenvalue weighted by Crippen LogP contribution is 2.46. The van der Waals surface area contributed by atoms with E-state index in [1.165, 1.54) is 24.0 Å². The molecule has 6 rings (SSSR count). The van der Waals surface area contributed by atoms with Gasteiger partial charge in [0.2, 0.25) is 10.0 Å². The Kier molecular flexibility index (Phi) is 6.93. The summed E-state index contributed by atoms with van der Waals surface area (Å²) in [5.74, 6) is 1.22. The van der Waals surface area contributed by atoms with E-state index in [2.05, 4.69) is 21.8 Å². The standard InChI is InChI=1S/C30H35ClN2O4S/c31-25-11-12-26-22(16-25)7-5-14-30(26)19-33-18-24-9-8-21(24)6-3-1-2-4-15-38(35,36)32-29(34)23-10-13-28(37-20-30)27(33)17-23/h2,4,10-13,16-17,21,24H,1,3,5-9,14-15,18-20H2,(H,32,34)/b4-2+/t21-,24+,30+/m1/s1. The number of carbonyl (C=O) groups is 1. The van der Waals surface area contributed by atoms with Crippen LogP contribution in [0.3, 0.4) is 0 Å². The first-order chi connectivity index (χ1) is 18.3. The fourth-order valence-corrected chi connectivity index (χ4v) is 7.92. The van der Waals surface area contributed by atoms with Crippen molar-refractivity contribution in [3.63, 3.8) is 0 Å². The average Bonchev–Trinajstić information content (AvgIpc) is 3.02. The Morgan fingerprint density at radius 3 is 2.74 bits per heavy atom. The van der Waals surface area contributed by atoms with Crippen LogP contribution in [0.5, 0.6) is 5.75 Å². The second-order valence-electron chi connectivity index (χ2n) is 11.5. The number of hydrogen-bond donors (Lipinski definition) is 1. The molecule has 38 heavy (non-hydrogen) atoms. The van der Waals surface area contributed by atoms with Crippen LogP contribution < -0.4 is 14.4 Å². The van der Waals surface area contributed by atoms with E-state index < -0.39 is 15.9 Å². The number of fused-ring (bicyclic) bond motifs is 4. The van der Waals surface area contributed by atoms with Crippen molar-refractivity contribution in [3.05, 3.63) is 70.3 Å². The summed E-state index contributed by atoms with van der Waals surface area (Å²) in [7, 11) is -3.76. The molecular formula is C30H35ClN2O4S. The number of hydrogen-bond acceptors (Lipinski definition) is 5. The summed E-state index contributed by atoms with van der Waals surface area (Å²) in [6.07, 6.45) is 12.2. The minimum absolute atomic E-state index is 0.173. The lowest BCUT2D eigenvalue weighted by Crippen LogP contribution is -2.48. The molecule has 4 aliphatic rings. The summed E-state index contributed by atoms with van der Waals surface area (Å²) in [6.45, 7) is 2.26. The van der Waals surface area contributed by atoms with E-state index in [1.807, 2.05) is 24.3 Å². The zero-order valence-electron chi connectivity index (χ0n) is 21.6. The van der Waals surface area contributed by atoms with Gasteiger partial charge in [-0.1, -0.05) is 29.8 Å². The Morgan fingerprint density at radius 1 is 1.03 bits per heavy atom. The molecule has 1 amide bonds. The summed E-state index contributed by atoms with van der Waals surface area (Å²) >= 11 is 6.37. The van der Waals surface area contributed by atoms with Gasteiger partial charge in [-0.2, -0.15) is 0 Å². The van der Waals surface area contributed by atoms with E-state index in [-0.39, 0.29) is 11.2 Å². The van der Waals surface area contributed by atoms with E-state index in [0.717, 1.165) is 68.1 Å². The summed E-state index contributed by atoms with van der Waals surface area (Å²) < 4.78 is 33.8. The number of benzene rings is 2. The third-order valence-electron chi connectivity index (χ3n) is 9.01. The number of allylic oxidation sites excluding steroid dienone is 1. The van der Waals surface area contributed by atoms with Crippen LogP contribution in [0.1, 0.15) is 66.4 Å². The molecule has 1 saturated carbocycles. The first-order valence-corrected chi connectivity index (χ1v) is 15.9. The molecule has 2 aromatic carbocycles. The third kappa shape index (κ3) is 5.07. The quantitative estimate of drug-likeness (QED) is 0.427. The smallest absolute Gasteiger partial charge is 0.264 e. The Hall–Kier alpha value is -2.51. The minimum atomic E-state index is -3.76. The Labute approximate surface area is 230 Å². The van der Waals surface area contributed by atoms with Gasteiger partial charge in [-0.3, -0.25) is 4.79 Å². The van der Waals surface area contributed by atoms with Gasteiger partial charge in [0.05, 0.1) is 18.0 Å². The Bertz CT molecular complexity index is 1370. The third-order valence-corrected chi connectivity index (χ3v) is 10.4. The largest absolute Gasteiger partial charge is 0.490 e. The molecule has 8 heteroatoms. The molecule has 2 aliphatic heterocycles. The predicted octanol–water partition coefficient (Wildman–Crippen LogP) is 5.64. The Morgan fingerprint density at radius 2 is 1.89 bits per heavy atom. The number of carbonyl (C=O) groups excluding carboxylic acids is 1. The first kappa shape index (κ1) is 25.8. The van der Waals surface area contributed by atoms with Crippen molar-refractivity contribution in [2.24, 2.45) is 11.8 Å². The molecule has 0 radical (unpaired) electrons. The fourth-order valence-electron chi connectivity index (χ4n) is 6.85. The van der Waals surface area contributed by atoms with E-state index >= 15 is 0 Å². The highest BCUT2D eigenvalue weighted by molar-refractivity contribution is 7.90. The van der Waals surface area contributed by atoms with Gasteiger partial charge in [-0.25, -0.2) is 13.1 Å². The number of aryl methyl sites for hydroxylation is 1. The maximum absolute atomic E-state index is 13.0. The number of nitrogens with zero attached hydrogens (tertiary/aromatic N) is 1. The molecule has 202 valence electrons. The van der Waals surface area contributed by atoms with Crippen molar-refractivity contribution >= 4 is 33.2 Å². The first-order valence-electron chi connectivity index (χ1n) is 13.8. The van der Waals surface area contributed by atoms with Crippen LogP contribution in [0.2, 0.25) is 5.02 Å². The van der Waals surface area contributed by atoms with Gasteiger partial charge < -0.3 is 9.64 Å². The van der Waals surface area contributed by atoms with Crippen LogP contribution in [0, 0.1) is 11.8 Å². The van der Waals surface area contributed by atoms with Gasteiger partial charge in [0, 0.05) is 29.1 Å². The summed E-state index contributed by atoms with van der Waals surface area (Å²) in [5.41, 5.74) is 3.65. The molecule has 0 unspecified atom stereocenters. The second kappa shape index (κ2) is 10.2. The van der Waals surface area contributed by atoms with Crippen molar-refractivity contribution in [2.75, 3.05) is 30.3 Å². The fraction of sp³-hybridized carbons (Fsp3) is 0.500. The van der Waals surface area contributed by atoms with Crippen LogP contribution in [0.15, 0.2) is 48.6 Å². The molecule has 1 spiro atoms. The van der Waals surface area contributed by atoms with E-state index in [1.54, 1.807) is 12.1 Å². The maximum Gasteiger partial charge on any atom is 0.264 e. The molecule has 0 aromatic heterocycles. The zero-order chi connectivity index (χ0) is 26.3.